The van der Waals surface area contributed by atoms with Gasteiger partial charge in [-0.25, -0.2) is 0 Å². The summed E-state index contributed by atoms with van der Waals surface area (Å²) in [6, 6.07) is 12.1. The van der Waals surface area contributed by atoms with Gasteiger partial charge in [0.25, 0.3) is 5.91 Å². The molecule has 2 aromatic carbocycles. The number of rotatable bonds is 3. The van der Waals surface area contributed by atoms with Gasteiger partial charge in [-0.3, -0.25) is 4.79 Å². The number of hydrogen-bond acceptors (Lipinski definition) is 4. The average Bonchev–Trinajstić information content (AvgIpc) is 3.10. The number of carbonyl (C=O) groups is 1. The second-order valence-corrected chi connectivity index (χ2v) is 7.52. The molecular formula is C22H26N2O3. The van der Waals surface area contributed by atoms with E-state index in [0.717, 1.165) is 18.8 Å². The summed E-state index contributed by atoms with van der Waals surface area (Å²) in [6.07, 6.45) is 0. The first kappa shape index (κ1) is 18.0. The van der Waals surface area contributed by atoms with Gasteiger partial charge in [0.15, 0.2) is 0 Å². The van der Waals surface area contributed by atoms with Crippen LogP contribution in [0.1, 0.15) is 32.6 Å². The highest BCUT2D eigenvalue weighted by Gasteiger charge is 2.28. The quantitative estimate of drug-likeness (QED) is 0.907. The van der Waals surface area contributed by atoms with Crippen molar-refractivity contribution in [3.8, 4) is 0 Å². The molecule has 2 aromatic rings. The van der Waals surface area contributed by atoms with Crippen molar-refractivity contribution in [1.82, 2.24) is 4.90 Å². The number of anilines is 1. The Morgan fingerprint density at radius 3 is 2.52 bits per heavy atom. The van der Waals surface area contributed by atoms with Gasteiger partial charge < -0.3 is 19.6 Å². The first-order valence-corrected chi connectivity index (χ1v) is 9.50. The van der Waals surface area contributed by atoms with Gasteiger partial charge in [0, 0.05) is 30.9 Å². The Bertz CT molecular complexity index is 834. The molecule has 142 valence electrons. The fraction of sp³-hybridized carbons (Fsp3) is 0.409. The third-order valence-corrected chi connectivity index (χ3v) is 5.70. The SMILES string of the molecule is Cc1cc2c(cc1C)CN(c1cccc(C(=O)N3CCOCC3CO)c1)C2. The van der Waals surface area contributed by atoms with Crippen LogP contribution in [-0.4, -0.2) is 48.3 Å². The monoisotopic (exact) mass is 366 g/mol. The lowest BCUT2D eigenvalue weighted by molar-refractivity contribution is -0.0183. The highest BCUT2D eigenvalue weighted by molar-refractivity contribution is 5.95. The topological polar surface area (TPSA) is 53.0 Å². The molecule has 1 unspecified atom stereocenters. The minimum absolute atomic E-state index is 0.0393. The summed E-state index contributed by atoms with van der Waals surface area (Å²) >= 11 is 0. The van der Waals surface area contributed by atoms with E-state index in [-0.39, 0.29) is 18.6 Å². The van der Waals surface area contributed by atoms with Crippen LogP contribution < -0.4 is 4.90 Å². The molecule has 2 heterocycles. The van der Waals surface area contributed by atoms with Crippen molar-refractivity contribution in [2.24, 2.45) is 0 Å². The summed E-state index contributed by atoms with van der Waals surface area (Å²) in [5.74, 6) is -0.0393. The van der Waals surface area contributed by atoms with Crippen LogP contribution in [0.5, 0.6) is 0 Å². The molecule has 0 saturated carbocycles. The molecule has 0 aromatic heterocycles. The van der Waals surface area contributed by atoms with E-state index in [1.54, 1.807) is 4.90 Å². The second kappa shape index (κ2) is 7.33. The number of aliphatic hydroxyl groups is 1. The Hall–Kier alpha value is -2.37. The molecular weight excluding hydrogens is 340 g/mol. The van der Waals surface area contributed by atoms with Crippen LogP contribution in [0, 0.1) is 13.8 Å². The van der Waals surface area contributed by atoms with Crippen molar-refractivity contribution in [1.29, 1.82) is 0 Å². The highest BCUT2D eigenvalue weighted by Crippen LogP contribution is 2.31. The number of morpholine rings is 1. The van der Waals surface area contributed by atoms with Crippen molar-refractivity contribution in [3.63, 3.8) is 0 Å². The van der Waals surface area contributed by atoms with Crippen LogP contribution in [0.3, 0.4) is 0 Å². The van der Waals surface area contributed by atoms with Crippen LogP contribution in [0.25, 0.3) is 0 Å². The van der Waals surface area contributed by atoms with E-state index in [1.807, 2.05) is 18.2 Å². The van der Waals surface area contributed by atoms with E-state index in [1.165, 1.54) is 22.3 Å². The first-order valence-electron chi connectivity index (χ1n) is 9.50. The minimum atomic E-state index is -0.267. The molecule has 2 aliphatic rings. The molecule has 0 bridgehead atoms. The fourth-order valence-corrected chi connectivity index (χ4v) is 3.95. The lowest BCUT2D eigenvalue weighted by Crippen LogP contribution is -2.50. The molecule has 1 amide bonds. The maximum absolute atomic E-state index is 13.0. The zero-order valence-electron chi connectivity index (χ0n) is 15.9. The molecule has 0 aliphatic carbocycles. The third kappa shape index (κ3) is 3.45. The molecule has 0 spiro atoms. The van der Waals surface area contributed by atoms with Gasteiger partial charge in [0.05, 0.1) is 25.9 Å². The molecule has 5 heteroatoms. The number of aryl methyl sites for hydroxylation is 2. The zero-order valence-corrected chi connectivity index (χ0v) is 15.9. The van der Waals surface area contributed by atoms with Crippen LogP contribution >= 0.6 is 0 Å². The Morgan fingerprint density at radius 1 is 1.15 bits per heavy atom. The average molecular weight is 366 g/mol. The minimum Gasteiger partial charge on any atom is -0.394 e. The number of aliphatic hydroxyl groups excluding tert-OH is 1. The van der Waals surface area contributed by atoms with Crippen LogP contribution in [-0.2, 0) is 17.8 Å². The van der Waals surface area contributed by atoms with Gasteiger partial charge in [-0.15, -0.1) is 0 Å². The van der Waals surface area contributed by atoms with Gasteiger partial charge in [-0.2, -0.15) is 0 Å². The zero-order chi connectivity index (χ0) is 19.0. The molecule has 1 fully saturated rings. The van der Waals surface area contributed by atoms with Gasteiger partial charge in [0.1, 0.15) is 0 Å². The van der Waals surface area contributed by atoms with Crippen molar-refractivity contribution < 1.29 is 14.6 Å². The smallest absolute Gasteiger partial charge is 0.254 e. The Kier molecular flexibility index (Phi) is 4.89. The van der Waals surface area contributed by atoms with Gasteiger partial charge in [-0.05, 0) is 54.3 Å². The lowest BCUT2D eigenvalue weighted by Gasteiger charge is -2.34. The lowest BCUT2D eigenvalue weighted by atomic mass is 10.0. The normalized spacial score (nSPS) is 19.3. The number of benzene rings is 2. The van der Waals surface area contributed by atoms with E-state index >= 15 is 0 Å². The van der Waals surface area contributed by atoms with E-state index < -0.39 is 0 Å². The Morgan fingerprint density at radius 2 is 1.85 bits per heavy atom. The third-order valence-electron chi connectivity index (χ3n) is 5.70. The van der Waals surface area contributed by atoms with Crippen LogP contribution in [0.4, 0.5) is 5.69 Å². The number of ether oxygens (including phenoxy) is 1. The molecule has 1 saturated heterocycles. The van der Waals surface area contributed by atoms with Crippen molar-refractivity contribution in [3.05, 3.63) is 64.2 Å². The molecule has 0 radical (unpaired) electrons. The molecule has 2 aliphatic heterocycles. The maximum atomic E-state index is 13.0. The summed E-state index contributed by atoms with van der Waals surface area (Å²) < 4.78 is 5.39. The van der Waals surface area contributed by atoms with Gasteiger partial charge in [0.2, 0.25) is 0 Å². The molecule has 1 N–H and O–H groups in total. The van der Waals surface area contributed by atoms with Crippen molar-refractivity contribution in [2.45, 2.75) is 33.0 Å². The summed E-state index contributed by atoms with van der Waals surface area (Å²) in [5, 5.41) is 9.55. The number of carbonyl (C=O) groups excluding carboxylic acids is 1. The van der Waals surface area contributed by atoms with E-state index in [2.05, 4.69) is 36.9 Å². The Labute approximate surface area is 160 Å². The van der Waals surface area contributed by atoms with E-state index in [9.17, 15) is 9.90 Å². The molecule has 4 rings (SSSR count). The van der Waals surface area contributed by atoms with E-state index in [4.69, 9.17) is 4.74 Å². The van der Waals surface area contributed by atoms with Crippen LogP contribution in [0.2, 0.25) is 0 Å². The molecule has 27 heavy (non-hydrogen) atoms. The number of hydrogen-bond donors (Lipinski definition) is 1. The summed E-state index contributed by atoms with van der Waals surface area (Å²) in [4.78, 5) is 17.0. The predicted octanol–water partition coefficient (Wildman–Crippen LogP) is 2.66. The van der Waals surface area contributed by atoms with Crippen molar-refractivity contribution >= 4 is 11.6 Å². The van der Waals surface area contributed by atoms with Gasteiger partial charge >= 0.3 is 0 Å². The Balaban J connectivity index is 1.55. The summed E-state index contributed by atoms with van der Waals surface area (Å²) in [6.45, 7) is 7.38. The number of nitrogens with zero attached hydrogens (tertiary/aromatic N) is 2. The maximum Gasteiger partial charge on any atom is 0.254 e. The first-order chi connectivity index (χ1) is 13.1. The summed E-state index contributed by atoms with van der Waals surface area (Å²) in [5.41, 5.74) is 7.09. The highest BCUT2D eigenvalue weighted by atomic mass is 16.5. The number of fused-ring (bicyclic) bond motifs is 1. The van der Waals surface area contributed by atoms with Crippen molar-refractivity contribution in [2.75, 3.05) is 31.3 Å². The van der Waals surface area contributed by atoms with Crippen LogP contribution in [0.15, 0.2) is 36.4 Å². The van der Waals surface area contributed by atoms with Gasteiger partial charge in [-0.1, -0.05) is 18.2 Å². The van der Waals surface area contributed by atoms with E-state index in [0.29, 0.717) is 25.3 Å². The molecule has 1 atom stereocenters. The number of amides is 1. The summed E-state index contributed by atoms with van der Waals surface area (Å²) in [7, 11) is 0. The molecule has 5 nitrogen and oxygen atoms in total. The standard InChI is InChI=1S/C22H26N2O3/c1-15-8-18-11-23(12-19(18)9-16(15)2)20-5-3-4-17(10-20)22(26)24-6-7-27-14-21(24)13-25/h3-5,8-10,21,25H,6-7,11-14H2,1-2H3. The second-order valence-electron chi connectivity index (χ2n) is 7.52. The largest absolute Gasteiger partial charge is 0.394 e. The fourth-order valence-electron chi connectivity index (χ4n) is 3.95. The predicted molar refractivity (Wildman–Crippen MR) is 105 cm³/mol.